The minimum atomic E-state index is -2.62. The third-order valence-corrected chi connectivity index (χ3v) is 5.27. The van der Waals surface area contributed by atoms with Crippen molar-refractivity contribution in [1.82, 2.24) is 0 Å². The average molecular weight is 327 g/mol. The number of hydrogen-bond donors (Lipinski definition) is 0. The van der Waals surface area contributed by atoms with Gasteiger partial charge in [0, 0.05) is 24.9 Å². The van der Waals surface area contributed by atoms with Gasteiger partial charge in [0.1, 0.15) is 11.8 Å². The second kappa shape index (κ2) is 5.81. The number of aliphatic imine (C=N–C) groups is 1. The van der Waals surface area contributed by atoms with Gasteiger partial charge in [0.2, 0.25) is 0 Å². The molecule has 2 aromatic carbocycles. The highest BCUT2D eigenvalue weighted by atomic mass is 28.4. The van der Waals surface area contributed by atoms with Crippen LogP contribution in [0.2, 0.25) is 13.1 Å². The zero-order valence-electron chi connectivity index (χ0n) is 13.9. The molecule has 3 rings (SSSR count). The summed E-state index contributed by atoms with van der Waals surface area (Å²) in [7, 11) is -2.62. The number of hydrogen-bond acceptors (Lipinski definition) is 4. The summed E-state index contributed by atoms with van der Waals surface area (Å²) in [6, 6.07) is 11.5. The Bertz CT molecular complexity index is 783. The molecule has 0 unspecified atom stereocenters. The van der Waals surface area contributed by atoms with E-state index in [1.54, 1.807) is 6.21 Å². The lowest BCUT2D eigenvalue weighted by atomic mass is 10.0. The van der Waals surface area contributed by atoms with Gasteiger partial charge < -0.3 is 8.85 Å². The molecule has 0 amide bonds. The van der Waals surface area contributed by atoms with E-state index in [9.17, 15) is 4.79 Å². The Hall–Kier alpha value is -2.14. The molecule has 0 radical (unpaired) electrons. The maximum Gasteiger partial charge on any atom is 0.456 e. The highest BCUT2D eigenvalue weighted by molar-refractivity contribution is 6.67. The van der Waals surface area contributed by atoms with Crippen LogP contribution in [0.4, 0.5) is 0 Å². The zero-order chi connectivity index (χ0) is 16.6. The first-order chi connectivity index (χ1) is 10.9. The van der Waals surface area contributed by atoms with E-state index in [1.807, 2.05) is 57.3 Å². The molecular formula is C18H21NO3Si. The van der Waals surface area contributed by atoms with E-state index in [4.69, 9.17) is 8.85 Å². The number of benzene rings is 2. The Kier molecular flexibility index (Phi) is 3.98. The summed E-state index contributed by atoms with van der Waals surface area (Å²) in [6.07, 6.45) is 1.76. The largest absolute Gasteiger partial charge is 0.511 e. The molecule has 0 aliphatic carbocycles. The van der Waals surface area contributed by atoms with Gasteiger partial charge in [-0.05, 0) is 22.8 Å². The molecule has 0 fully saturated rings. The van der Waals surface area contributed by atoms with Crippen molar-refractivity contribution in [2.45, 2.75) is 33.0 Å². The monoisotopic (exact) mass is 327 g/mol. The summed E-state index contributed by atoms with van der Waals surface area (Å²) < 4.78 is 11.8. The van der Waals surface area contributed by atoms with Gasteiger partial charge in [-0.1, -0.05) is 44.2 Å². The minimum absolute atomic E-state index is 0.0695. The Balaban J connectivity index is 2.21. The lowest BCUT2D eigenvalue weighted by Gasteiger charge is -2.25. The van der Waals surface area contributed by atoms with Gasteiger partial charge in [-0.25, -0.2) is 0 Å². The van der Waals surface area contributed by atoms with Gasteiger partial charge in [0.25, 0.3) is 0 Å². The van der Waals surface area contributed by atoms with E-state index in [-0.39, 0.29) is 11.9 Å². The van der Waals surface area contributed by atoms with Crippen LogP contribution in [-0.4, -0.2) is 26.8 Å². The topological polar surface area (TPSA) is 47.9 Å². The van der Waals surface area contributed by atoms with Crippen LogP contribution in [0.15, 0.2) is 41.4 Å². The van der Waals surface area contributed by atoms with Crippen LogP contribution in [0, 0.1) is 5.92 Å². The van der Waals surface area contributed by atoms with Gasteiger partial charge in [-0.2, -0.15) is 0 Å². The first-order valence-corrected chi connectivity index (χ1v) is 10.7. The SMILES string of the molecule is CC(C)[C@@H]1N=Cc2c(ccc3ccccc23)O[Si](C)(C)OC1=O. The second-order valence-corrected chi connectivity index (χ2v) is 9.80. The smallest absolute Gasteiger partial charge is 0.456 e. The molecule has 1 heterocycles. The molecule has 0 bridgehead atoms. The van der Waals surface area contributed by atoms with Crippen molar-refractivity contribution in [3.8, 4) is 5.75 Å². The van der Waals surface area contributed by atoms with Crippen LogP contribution in [0.1, 0.15) is 19.4 Å². The van der Waals surface area contributed by atoms with E-state index in [0.29, 0.717) is 0 Å². The van der Waals surface area contributed by atoms with Crippen molar-refractivity contribution in [3.05, 3.63) is 42.0 Å². The maximum atomic E-state index is 12.4. The molecule has 5 heteroatoms. The van der Waals surface area contributed by atoms with Gasteiger partial charge >= 0.3 is 14.5 Å². The van der Waals surface area contributed by atoms with Gasteiger partial charge in [-0.3, -0.25) is 9.79 Å². The number of nitrogens with zero attached hydrogens (tertiary/aromatic N) is 1. The fraction of sp³-hybridized carbons (Fsp3) is 0.333. The molecule has 120 valence electrons. The van der Waals surface area contributed by atoms with E-state index >= 15 is 0 Å². The highest BCUT2D eigenvalue weighted by Crippen LogP contribution is 2.30. The maximum absolute atomic E-state index is 12.4. The summed E-state index contributed by atoms with van der Waals surface area (Å²) in [5, 5.41) is 2.18. The number of carbonyl (C=O) groups is 1. The number of rotatable bonds is 1. The van der Waals surface area contributed by atoms with E-state index in [2.05, 4.69) is 11.1 Å². The van der Waals surface area contributed by atoms with Crippen molar-refractivity contribution in [2.24, 2.45) is 10.9 Å². The molecule has 1 atom stereocenters. The molecule has 4 nitrogen and oxygen atoms in total. The normalized spacial score (nSPS) is 20.2. The summed E-state index contributed by atoms with van der Waals surface area (Å²) in [5.74, 6) is 0.492. The van der Waals surface area contributed by atoms with E-state index < -0.39 is 14.6 Å². The quantitative estimate of drug-likeness (QED) is 0.746. The molecule has 0 N–H and O–H groups in total. The standard InChI is InChI=1S/C18H21NO3Si/c1-12(2)17-18(20)22-23(3,4)21-16-10-9-13-7-5-6-8-14(13)15(16)11-19-17/h5-12,17H,1-4H3/t17-/m0/s1. The molecule has 23 heavy (non-hydrogen) atoms. The minimum Gasteiger partial charge on any atom is -0.511 e. The average Bonchev–Trinajstić information content (AvgIpc) is 2.52. The lowest BCUT2D eigenvalue weighted by molar-refractivity contribution is -0.138. The second-order valence-electron chi connectivity index (χ2n) is 6.59. The van der Waals surface area contributed by atoms with Crippen LogP contribution in [0.5, 0.6) is 5.75 Å². The van der Waals surface area contributed by atoms with Crippen molar-refractivity contribution in [1.29, 1.82) is 0 Å². The van der Waals surface area contributed by atoms with E-state index in [1.165, 1.54) is 0 Å². The zero-order valence-corrected chi connectivity index (χ0v) is 14.9. The Morgan fingerprint density at radius 2 is 1.83 bits per heavy atom. The van der Waals surface area contributed by atoms with Gasteiger partial charge in [-0.15, -0.1) is 0 Å². The van der Waals surface area contributed by atoms with Gasteiger partial charge in [0.05, 0.1) is 0 Å². The summed E-state index contributed by atoms with van der Waals surface area (Å²) in [6.45, 7) is 7.71. The molecule has 0 saturated heterocycles. The molecule has 0 saturated carbocycles. The molecular weight excluding hydrogens is 306 g/mol. The Labute approximate surface area is 137 Å². The summed E-state index contributed by atoms with van der Waals surface area (Å²) >= 11 is 0. The first kappa shape index (κ1) is 15.7. The highest BCUT2D eigenvalue weighted by Gasteiger charge is 2.36. The summed E-state index contributed by atoms with van der Waals surface area (Å²) in [5.41, 5.74) is 0.910. The van der Waals surface area contributed by atoms with Crippen LogP contribution in [-0.2, 0) is 9.22 Å². The molecule has 0 spiro atoms. The predicted molar refractivity (Wildman–Crippen MR) is 94.4 cm³/mol. The van der Waals surface area contributed by atoms with Crippen molar-refractivity contribution >= 4 is 31.5 Å². The molecule has 1 aliphatic heterocycles. The van der Waals surface area contributed by atoms with Crippen LogP contribution in [0.25, 0.3) is 10.8 Å². The number of carbonyl (C=O) groups excluding carboxylic acids is 1. The predicted octanol–water partition coefficient (Wildman–Crippen LogP) is 3.92. The summed E-state index contributed by atoms with van der Waals surface area (Å²) in [4.78, 5) is 16.9. The Morgan fingerprint density at radius 3 is 2.57 bits per heavy atom. The van der Waals surface area contributed by atoms with Gasteiger partial charge in [0.15, 0.2) is 0 Å². The molecule has 0 aromatic heterocycles. The first-order valence-electron chi connectivity index (χ1n) is 7.84. The van der Waals surface area contributed by atoms with Crippen molar-refractivity contribution in [3.63, 3.8) is 0 Å². The fourth-order valence-corrected chi connectivity index (χ4v) is 4.10. The Morgan fingerprint density at radius 1 is 1.09 bits per heavy atom. The van der Waals surface area contributed by atoms with Crippen LogP contribution in [0.3, 0.4) is 0 Å². The lowest BCUT2D eigenvalue weighted by Crippen LogP contribution is -2.43. The van der Waals surface area contributed by atoms with Crippen molar-refractivity contribution in [2.75, 3.05) is 0 Å². The number of fused-ring (bicyclic) bond motifs is 3. The third-order valence-electron chi connectivity index (χ3n) is 3.87. The fourth-order valence-electron chi connectivity index (χ4n) is 2.75. The van der Waals surface area contributed by atoms with E-state index in [0.717, 1.165) is 22.1 Å². The third kappa shape index (κ3) is 3.15. The van der Waals surface area contributed by atoms with Crippen LogP contribution < -0.4 is 4.43 Å². The van der Waals surface area contributed by atoms with Crippen LogP contribution >= 0.6 is 0 Å². The molecule has 1 aliphatic rings. The van der Waals surface area contributed by atoms with Crippen molar-refractivity contribution < 1.29 is 13.6 Å². The molecule has 2 aromatic rings.